The molecule has 0 saturated carbocycles. The molecule has 0 aliphatic heterocycles. The second kappa shape index (κ2) is 19.5. The van der Waals surface area contributed by atoms with E-state index in [0.29, 0.717) is 6.42 Å². The molecule has 5 nitrogen and oxygen atoms in total. The van der Waals surface area contributed by atoms with Gasteiger partial charge in [-0.25, -0.2) is 0 Å². The van der Waals surface area contributed by atoms with Gasteiger partial charge in [-0.15, -0.1) is 0 Å². The highest BCUT2D eigenvalue weighted by Gasteiger charge is 2.11. The van der Waals surface area contributed by atoms with Crippen LogP contribution in [0.4, 0.5) is 0 Å². The highest BCUT2D eigenvalue weighted by Crippen LogP contribution is 2.38. The van der Waals surface area contributed by atoms with E-state index in [1.54, 1.807) is 0 Å². The van der Waals surface area contributed by atoms with Crippen LogP contribution >= 0.6 is 7.82 Å². The standard InChI is InChI=1S/C24H50NO4P/c1-5-6-7-8-9-10-11-12-13-14-15-16-17-18-19-20-23-28-30(26,27)29-24-21-22-25(2,3)4/h12-13H,5-11,14-24H2,1-4H3/b13-12-. The predicted molar refractivity (Wildman–Crippen MR) is 126 cm³/mol. The Labute approximate surface area is 187 Å². The summed E-state index contributed by atoms with van der Waals surface area (Å²) in [6.45, 7) is 3.56. The maximum absolute atomic E-state index is 11.7. The molecule has 30 heavy (non-hydrogen) atoms. The third kappa shape index (κ3) is 24.1. The Balaban J connectivity index is 3.37. The van der Waals surface area contributed by atoms with Crippen LogP contribution in [0, 0.1) is 0 Å². The smallest absolute Gasteiger partial charge is 0.267 e. The highest BCUT2D eigenvalue weighted by atomic mass is 31.2. The molecule has 0 saturated heterocycles. The van der Waals surface area contributed by atoms with Crippen LogP contribution in [0.5, 0.6) is 0 Å². The zero-order valence-electron chi connectivity index (χ0n) is 20.4. The van der Waals surface area contributed by atoms with Crippen LogP contribution in [0.3, 0.4) is 0 Å². The molecule has 0 bridgehead atoms. The Hall–Kier alpha value is -0.190. The molecular formula is C24H50NO4P. The second-order valence-corrected chi connectivity index (χ2v) is 10.8. The number of nitrogens with zero attached hydrogens (tertiary/aromatic N) is 1. The molecule has 1 unspecified atom stereocenters. The van der Waals surface area contributed by atoms with Crippen molar-refractivity contribution < 1.29 is 23.0 Å². The summed E-state index contributed by atoms with van der Waals surface area (Å²) in [5, 5.41) is 0. The van der Waals surface area contributed by atoms with E-state index < -0.39 is 7.82 Å². The van der Waals surface area contributed by atoms with E-state index in [0.717, 1.165) is 30.3 Å². The zero-order valence-corrected chi connectivity index (χ0v) is 21.3. The average molecular weight is 448 g/mol. The summed E-state index contributed by atoms with van der Waals surface area (Å²) in [6.07, 6.45) is 22.6. The lowest BCUT2D eigenvalue weighted by Crippen LogP contribution is -2.35. The van der Waals surface area contributed by atoms with Gasteiger partial charge in [0.2, 0.25) is 0 Å². The summed E-state index contributed by atoms with van der Waals surface area (Å²) in [6, 6.07) is 0. The summed E-state index contributed by atoms with van der Waals surface area (Å²) in [5.41, 5.74) is 0. The van der Waals surface area contributed by atoms with Crippen LogP contribution < -0.4 is 4.89 Å². The maximum Gasteiger partial charge on any atom is 0.267 e. The monoisotopic (exact) mass is 447 g/mol. The van der Waals surface area contributed by atoms with Gasteiger partial charge in [-0.2, -0.15) is 0 Å². The molecule has 0 aliphatic rings. The molecule has 0 radical (unpaired) electrons. The van der Waals surface area contributed by atoms with Gasteiger partial charge < -0.3 is 18.4 Å². The van der Waals surface area contributed by atoms with Crippen LogP contribution in [0.25, 0.3) is 0 Å². The SMILES string of the molecule is CCCCCCCC/C=C\CCCCCCCCOP(=O)([O-])OCCC[N+](C)(C)C. The summed E-state index contributed by atoms with van der Waals surface area (Å²) in [5.74, 6) is 0. The first-order chi connectivity index (χ1) is 14.3. The second-order valence-electron chi connectivity index (χ2n) is 9.42. The van der Waals surface area contributed by atoms with Gasteiger partial charge in [0.15, 0.2) is 0 Å². The summed E-state index contributed by atoms with van der Waals surface area (Å²) < 4.78 is 22.3. The van der Waals surface area contributed by atoms with Crippen molar-refractivity contribution in [2.24, 2.45) is 0 Å². The molecule has 0 heterocycles. The van der Waals surface area contributed by atoms with Gasteiger partial charge in [-0.3, -0.25) is 4.57 Å². The zero-order chi connectivity index (χ0) is 22.6. The Morgan fingerprint density at radius 3 is 1.63 bits per heavy atom. The summed E-state index contributed by atoms with van der Waals surface area (Å²) in [7, 11) is 2.08. The Kier molecular flexibility index (Phi) is 19.4. The van der Waals surface area contributed by atoms with Crippen LogP contribution in [0.1, 0.15) is 103 Å². The number of hydrogen-bond donors (Lipinski definition) is 0. The van der Waals surface area contributed by atoms with Crippen molar-refractivity contribution in [2.75, 3.05) is 40.9 Å². The third-order valence-electron chi connectivity index (χ3n) is 5.13. The van der Waals surface area contributed by atoms with Crippen molar-refractivity contribution >= 4 is 7.82 Å². The fourth-order valence-electron chi connectivity index (χ4n) is 3.28. The fourth-order valence-corrected chi connectivity index (χ4v) is 4.06. The van der Waals surface area contributed by atoms with E-state index in [2.05, 4.69) is 40.2 Å². The first kappa shape index (κ1) is 29.8. The van der Waals surface area contributed by atoms with E-state index in [1.807, 2.05) is 0 Å². The number of rotatable bonds is 22. The van der Waals surface area contributed by atoms with Crippen LogP contribution in [0.15, 0.2) is 12.2 Å². The van der Waals surface area contributed by atoms with E-state index in [-0.39, 0.29) is 13.2 Å². The van der Waals surface area contributed by atoms with Crippen molar-refractivity contribution in [1.82, 2.24) is 0 Å². The Morgan fingerprint density at radius 2 is 1.13 bits per heavy atom. The summed E-state index contributed by atoms with van der Waals surface area (Å²) in [4.78, 5) is 11.7. The highest BCUT2D eigenvalue weighted by molar-refractivity contribution is 7.45. The van der Waals surface area contributed by atoms with Crippen molar-refractivity contribution in [1.29, 1.82) is 0 Å². The molecule has 1 atom stereocenters. The molecule has 0 aromatic rings. The number of unbranched alkanes of at least 4 members (excludes halogenated alkanes) is 12. The van der Waals surface area contributed by atoms with E-state index >= 15 is 0 Å². The lowest BCUT2D eigenvalue weighted by Gasteiger charge is -2.26. The maximum atomic E-state index is 11.7. The molecule has 0 N–H and O–H groups in total. The minimum absolute atomic E-state index is 0.198. The van der Waals surface area contributed by atoms with E-state index in [1.165, 1.54) is 70.6 Å². The largest absolute Gasteiger partial charge is 0.756 e. The first-order valence-electron chi connectivity index (χ1n) is 12.3. The predicted octanol–water partition coefficient (Wildman–Crippen LogP) is 6.62. The first-order valence-corrected chi connectivity index (χ1v) is 13.8. The fraction of sp³-hybridized carbons (Fsp3) is 0.917. The molecule has 180 valence electrons. The van der Waals surface area contributed by atoms with Crippen LogP contribution in [-0.2, 0) is 13.6 Å². The molecule has 0 aliphatic carbocycles. The van der Waals surface area contributed by atoms with Crippen molar-refractivity contribution in [3.8, 4) is 0 Å². The lowest BCUT2D eigenvalue weighted by molar-refractivity contribution is -0.870. The molecule has 0 amide bonds. The molecule has 0 aromatic heterocycles. The van der Waals surface area contributed by atoms with E-state index in [9.17, 15) is 9.46 Å². The number of phosphoric acid groups is 1. The third-order valence-corrected chi connectivity index (χ3v) is 6.13. The Morgan fingerprint density at radius 1 is 0.700 bits per heavy atom. The number of phosphoric ester groups is 1. The van der Waals surface area contributed by atoms with Crippen molar-refractivity contribution in [2.45, 2.75) is 103 Å². The number of quaternary nitrogens is 1. The van der Waals surface area contributed by atoms with Crippen LogP contribution in [0.2, 0.25) is 0 Å². The lowest BCUT2D eigenvalue weighted by atomic mass is 10.1. The van der Waals surface area contributed by atoms with Crippen molar-refractivity contribution in [3.05, 3.63) is 12.2 Å². The van der Waals surface area contributed by atoms with Gasteiger partial charge in [0, 0.05) is 6.42 Å². The van der Waals surface area contributed by atoms with Gasteiger partial charge in [0.05, 0.1) is 40.9 Å². The van der Waals surface area contributed by atoms with E-state index in [4.69, 9.17) is 9.05 Å². The normalized spacial score (nSPS) is 14.4. The van der Waals surface area contributed by atoms with Gasteiger partial charge in [0.25, 0.3) is 7.82 Å². The minimum atomic E-state index is -4.13. The molecule has 6 heteroatoms. The molecule has 0 aromatic carbocycles. The molecular weight excluding hydrogens is 397 g/mol. The minimum Gasteiger partial charge on any atom is -0.756 e. The molecule has 0 spiro atoms. The van der Waals surface area contributed by atoms with Crippen molar-refractivity contribution in [3.63, 3.8) is 0 Å². The topological polar surface area (TPSA) is 58.6 Å². The average Bonchev–Trinajstić information content (AvgIpc) is 2.67. The van der Waals surface area contributed by atoms with Gasteiger partial charge in [-0.1, -0.05) is 76.9 Å². The molecule has 0 fully saturated rings. The Bertz CT molecular complexity index is 449. The molecule has 0 rings (SSSR count). The van der Waals surface area contributed by atoms with Gasteiger partial charge >= 0.3 is 0 Å². The van der Waals surface area contributed by atoms with Gasteiger partial charge in [0.1, 0.15) is 0 Å². The summed E-state index contributed by atoms with van der Waals surface area (Å²) >= 11 is 0. The number of hydrogen-bond acceptors (Lipinski definition) is 4. The van der Waals surface area contributed by atoms with Crippen LogP contribution in [-0.4, -0.2) is 45.4 Å². The number of allylic oxidation sites excluding steroid dienone is 2. The van der Waals surface area contributed by atoms with Gasteiger partial charge in [-0.05, 0) is 32.1 Å². The quantitative estimate of drug-likeness (QED) is 0.0809.